The van der Waals surface area contributed by atoms with Crippen molar-refractivity contribution in [1.82, 2.24) is 9.97 Å². The van der Waals surface area contributed by atoms with Crippen LogP contribution in [0.3, 0.4) is 0 Å². The Hall–Kier alpha value is -2.81. The van der Waals surface area contributed by atoms with Gasteiger partial charge in [-0.3, -0.25) is 0 Å². The molecule has 19 heavy (non-hydrogen) atoms. The Morgan fingerprint density at radius 1 is 1.32 bits per heavy atom. The highest BCUT2D eigenvalue weighted by Gasteiger charge is 2.07. The van der Waals surface area contributed by atoms with Crippen LogP contribution in [0.15, 0.2) is 30.6 Å². The summed E-state index contributed by atoms with van der Waals surface area (Å²) in [5, 5.41) is 12.1. The monoisotopic (exact) mass is 255 g/mol. The molecule has 6 nitrogen and oxygen atoms in total. The predicted molar refractivity (Wildman–Crippen MR) is 71.5 cm³/mol. The van der Waals surface area contributed by atoms with Gasteiger partial charge in [-0.2, -0.15) is 5.26 Å². The Morgan fingerprint density at radius 2 is 2.05 bits per heavy atom. The Morgan fingerprint density at radius 3 is 2.68 bits per heavy atom. The smallest absolute Gasteiger partial charge is 0.149 e. The first-order valence-corrected chi connectivity index (χ1v) is 5.62. The molecule has 96 valence electrons. The molecule has 0 saturated carbocycles. The predicted octanol–water partition coefficient (Wildman–Crippen LogP) is 1.55. The Labute approximate surface area is 110 Å². The summed E-state index contributed by atoms with van der Waals surface area (Å²) < 4.78 is 5.08. The standard InChI is InChI=1S/C13H13N5O/c1-19-10-4-2-9(3-5-10)7-16-13-11(6-14)12(15)17-8-18-13/h2-5,8H,7H2,1H3,(H3,15,16,17,18). The van der Waals surface area contributed by atoms with Gasteiger partial charge in [0.15, 0.2) is 0 Å². The number of nitrogen functional groups attached to an aromatic ring is 1. The molecule has 2 aromatic rings. The van der Waals surface area contributed by atoms with Crippen molar-refractivity contribution in [3.8, 4) is 11.8 Å². The van der Waals surface area contributed by atoms with Gasteiger partial charge in [0.25, 0.3) is 0 Å². The van der Waals surface area contributed by atoms with Crippen LogP contribution in [-0.2, 0) is 6.54 Å². The number of nitriles is 1. The molecule has 0 unspecified atom stereocenters. The van der Waals surface area contributed by atoms with Gasteiger partial charge in [0.1, 0.15) is 35.3 Å². The minimum Gasteiger partial charge on any atom is -0.497 e. The highest BCUT2D eigenvalue weighted by Crippen LogP contribution is 2.17. The summed E-state index contributed by atoms with van der Waals surface area (Å²) in [7, 11) is 1.62. The summed E-state index contributed by atoms with van der Waals surface area (Å²) in [5.74, 6) is 1.41. The number of ether oxygens (including phenoxy) is 1. The molecule has 0 saturated heterocycles. The van der Waals surface area contributed by atoms with Crippen LogP contribution in [0.2, 0.25) is 0 Å². The van der Waals surface area contributed by atoms with Crippen LogP contribution in [0.4, 0.5) is 11.6 Å². The van der Waals surface area contributed by atoms with Crippen molar-refractivity contribution >= 4 is 11.6 Å². The maximum atomic E-state index is 9.00. The number of hydrogen-bond donors (Lipinski definition) is 2. The van der Waals surface area contributed by atoms with Crippen LogP contribution >= 0.6 is 0 Å². The number of rotatable bonds is 4. The van der Waals surface area contributed by atoms with Gasteiger partial charge in [-0.25, -0.2) is 9.97 Å². The van der Waals surface area contributed by atoms with Gasteiger partial charge in [-0.05, 0) is 17.7 Å². The molecule has 0 bridgehead atoms. The van der Waals surface area contributed by atoms with Crippen molar-refractivity contribution in [3.05, 3.63) is 41.7 Å². The van der Waals surface area contributed by atoms with Gasteiger partial charge in [0.2, 0.25) is 0 Å². The second-order valence-corrected chi connectivity index (χ2v) is 3.80. The summed E-state index contributed by atoms with van der Waals surface area (Å²) in [5.41, 5.74) is 6.91. The van der Waals surface area contributed by atoms with E-state index in [4.69, 9.17) is 15.7 Å². The Bertz CT molecular complexity index is 603. The molecule has 6 heteroatoms. The van der Waals surface area contributed by atoms with Gasteiger partial charge in [-0.15, -0.1) is 0 Å². The molecule has 3 N–H and O–H groups in total. The molecule has 0 aliphatic rings. The molecule has 0 radical (unpaired) electrons. The van der Waals surface area contributed by atoms with Crippen LogP contribution in [0.5, 0.6) is 5.75 Å². The average molecular weight is 255 g/mol. The third-order valence-electron chi connectivity index (χ3n) is 2.61. The SMILES string of the molecule is COc1ccc(CNc2ncnc(N)c2C#N)cc1. The first kappa shape index (κ1) is 12.6. The average Bonchev–Trinajstić information content (AvgIpc) is 2.45. The Balaban J connectivity index is 2.10. The van der Waals surface area contributed by atoms with Gasteiger partial charge in [0, 0.05) is 6.54 Å². The molecule has 0 fully saturated rings. The van der Waals surface area contributed by atoms with Gasteiger partial charge in [-0.1, -0.05) is 12.1 Å². The van der Waals surface area contributed by atoms with Crippen LogP contribution in [-0.4, -0.2) is 17.1 Å². The van der Waals surface area contributed by atoms with E-state index in [0.29, 0.717) is 12.4 Å². The van der Waals surface area contributed by atoms with Crippen molar-refractivity contribution in [2.24, 2.45) is 0 Å². The van der Waals surface area contributed by atoms with Crippen molar-refractivity contribution in [2.45, 2.75) is 6.54 Å². The summed E-state index contributed by atoms with van der Waals surface area (Å²) in [6, 6.07) is 9.59. The van der Waals surface area contributed by atoms with E-state index >= 15 is 0 Å². The normalized spacial score (nSPS) is 9.68. The van der Waals surface area contributed by atoms with Gasteiger partial charge >= 0.3 is 0 Å². The van der Waals surface area contributed by atoms with Crippen LogP contribution in [0, 0.1) is 11.3 Å². The van der Waals surface area contributed by atoms with E-state index in [1.165, 1.54) is 6.33 Å². The van der Waals surface area contributed by atoms with E-state index in [0.717, 1.165) is 11.3 Å². The lowest BCUT2D eigenvalue weighted by Gasteiger charge is -2.08. The van der Waals surface area contributed by atoms with Crippen molar-refractivity contribution in [3.63, 3.8) is 0 Å². The van der Waals surface area contributed by atoms with Gasteiger partial charge < -0.3 is 15.8 Å². The molecule has 1 aromatic carbocycles. The van der Waals surface area contributed by atoms with Crippen molar-refractivity contribution in [1.29, 1.82) is 5.26 Å². The van der Waals surface area contributed by atoms with Crippen molar-refractivity contribution in [2.75, 3.05) is 18.2 Å². The van der Waals surface area contributed by atoms with Gasteiger partial charge in [0.05, 0.1) is 7.11 Å². The topological polar surface area (TPSA) is 96.8 Å². The van der Waals surface area contributed by atoms with E-state index in [1.54, 1.807) is 7.11 Å². The maximum absolute atomic E-state index is 9.00. The minimum atomic E-state index is 0.176. The summed E-state index contributed by atoms with van der Waals surface area (Å²) >= 11 is 0. The fourth-order valence-electron chi connectivity index (χ4n) is 1.57. The van der Waals surface area contributed by atoms with E-state index in [2.05, 4.69) is 15.3 Å². The molecule has 0 amide bonds. The zero-order valence-corrected chi connectivity index (χ0v) is 10.4. The largest absolute Gasteiger partial charge is 0.497 e. The summed E-state index contributed by atoms with van der Waals surface area (Å²) in [6.07, 6.45) is 1.33. The number of methoxy groups -OCH3 is 1. The third-order valence-corrected chi connectivity index (χ3v) is 2.61. The molecule has 0 aliphatic carbocycles. The van der Waals surface area contributed by atoms with E-state index in [9.17, 15) is 0 Å². The molecule has 1 aromatic heterocycles. The zero-order valence-electron chi connectivity index (χ0n) is 10.4. The van der Waals surface area contributed by atoms with Crippen LogP contribution in [0.25, 0.3) is 0 Å². The van der Waals surface area contributed by atoms with E-state index in [-0.39, 0.29) is 11.4 Å². The lowest BCUT2D eigenvalue weighted by atomic mass is 10.2. The third kappa shape index (κ3) is 2.90. The second kappa shape index (κ2) is 5.69. The number of nitrogens with zero attached hydrogens (tertiary/aromatic N) is 3. The fraction of sp³-hybridized carbons (Fsp3) is 0.154. The lowest BCUT2D eigenvalue weighted by Crippen LogP contribution is -2.06. The maximum Gasteiger partial charge on any atom is 0.149 e. The Kier molecular flexibility index (Phi) is 3.78. The van der Waals surface area contributed by atoms with Crippen molar-refractivity contribution < 1.29 is 4.74 Å². The second-order valence-electron chi connectivity index (χ2n) is 3.80. The minimum absolute atomic E-state index is 0.176. The van der Waals surface area contributed by atoms with E-state index in [1.807, 2.05) is 30.3 Å². The zero-order chi connectivity index (χ0) is 13.7. The molecule has 0 aliphatic heterocycles. The molecular formula is C13H13N5O. The molecular weight excluding hydrogens is 242 g/mol. The van der Waals surface area contributed by atoms with Crippen LogP contribution in [0.1, 0.15) is 11.1 Å². The summed E-state index contributed by atoms with van der Waals surface area (Å²) in [4.78, 5) is 7.79. The number of aromatic nitrogens is 2. The first-order valence-electron chi connectivity index (χ1n) is 5.62. The highest BCUT2D eigenvalue weighted by atomic mass is 16.5. The molecule has 2 rings (SSSR count). The number of nitrogens with one attached hydrogen (secondary N) is 1. The number of nitrogens with two attached hydrogens (primary N) is 1. The fourth-order valence-corrected chi connectivity index (χ4v) is 1.57. The summed E-state index contributed by atoms with van der Waals surface area (Å²) in [6.45, 7) is 0.537. The lowest BCUT2D eigenvalue weighted by molar-refractivity contribution is 0.414. The molecule has 0 spiro atoms. The quantitative estimate of drug-likeness (QED) is 0.860. The molecule has 1 heterocycles. The van der Waals surface area contributed by atoms with E-state index < -0.39 is 0 Å². The number of benzene rings is 1. The number of anilines is 2. The molecule has 0 atom stereocenters. The van der Waals surface area contributed by atoms with Crippen LogP contribution < -0.4 is 15.8 Å². The first-order chi connectivity index (χ1) is 9.24. The number of hydrogen-bond acceptors (Lipinski definition) is 6. The highest BCUT2D eigenvalue weighted by molar-refractivity contribution is 5.62.